The van der Waals surface area contributed by atoms with E-state index in [0.29, 0.717) is 18.5 Å². The number of rotatable bonds is 12. The zero-order valence-corrected chi connectivity index (χ0v) is 18.6. The van der Waals surface area contributed by atoms with Crippen LogP contribution in [0.2, 0.25) is 0 Å². The van der Waals surface area contributed by atoms with E-state index in [-0.39, 0.29) is 19.4 Å². The Morgan fingerprint density at radius 3 is 2.53 bits per heavy atom. The largest absolute Gasteiger partial charge is 0.481 e. The number of nitrogens with one attached hydrogen (secondary N) is 3. The molecule has 0 radical (unpaired) electrons. The van der Waals surface area contributed by atoms with Gasteiger partial charge in [-0.05, 0) is 26.2 Å². The van der Waals surface area contributed by atoms with E-state index in [9.17, 15) is 34.2 Å². The van der Waals surface area contributed by atoms with Crippen LogP contribution in [0.1, 0.15) is 38.3 Å². The van der Waals surface area contributed by atoms with Crippen LogP contribution in [0.5, 0.6) is 0 Å². The minimum absolute atomic E-state index is 0.190. The van der Waals surface area contributed by atoms with Gasteiger partial charge in [0.15, 0.2) is 0 Å². The van der Waals surface area contributed by atoms with Crippen molar-refractivity contribution in [2.75, 3.05) is 6.54 Å². The van der Waals surface area contributed by atoms with E-state index < -0.39 is 66.4 Å². The Bertz CT molecular complexity index is 890. The molecule has 0 saturated carbocycles. The third-order valence-electron chi connectivity index (χ3n) is 5.47. The topological polar surface area (TPSA) is 228 Å². The van der Waals surface area contributed by atoms with Crippen molar-refractivity contribution < 1.29 is 39.3 Å². The fourth-order valence-corrected chi connectivity index (χ4v) is 3.68. The van der Waals surface area contributed by atoms with Gasteiger partial charge >= 0.3 is 11.9 Å². The van der Waals surface area contributed by atoms with Crippen LogP contribution in [0, 0.1) is 0 Å². The molecule has 2 heterocycles. The number of nitrogens with two attached hydrogens (primary N) is 1. The standard InChI is InChI=1S/C20H30N6O8/c1-10(27)16(18(31)24-13(20(33)34)4-5-15(28)29)25-17(30)14-3-2-6-26(14)19(32)12(21)7-11-8-22-9-23-11/h8-10,12-14,16,27H,2-7,21H2,1H3,(H,22,23)(H,24,31)(H,25,30)(H,28,29)(H,33,34). The van der Waals surface area contributed by atoms with Crippen molar-refractivity contribution in [3.8, 4) is 0 Å². The number of carbonyl (C=O) groups is 5. The fourth-order valence-electron chi connectivity index (χ4n) is 3.68. The number of aliphatic hydroxyl groups excluding tert-OH is 1. The maximum atomic E-state index is 12.9. The van der Waals surface area contributed by atoms with Crippen molar-refractivity contribution >= 4 is 29.7 Å². The number of hydrogen-bond acceptors (Lipinski definition) is 8. The lowest BCUT2D eigenvalue weighted by Gasteiger charge is -2.29. The highest BCUT2D eigenvalue weighted by atomic mass is 16.4. The molecule has 3 amide bonds. The van der Waals surface area contributed by atoms with Gasteiger partial charge in [-0.15, -0.1) is 0 Å². The Kier molecular flexibility index (Phi) is 9.50. The number of nitrogens with zero attached hydrogens (tertiary/aromatic N) is 2. The molecule has 14 heteroatoms. The summed E-state index contributed by atoms with van der Waals surface area (Å²) in [7, 11) is 0. The summed E-state index contributed by atoms with van der Waals surface area (Å²) in [5.41, 5.74) is 6.66. The summed E-state index contributed by atoms with van der Waals surface area (Å²) in [5, 5.41) is 32.5. The van der Waals surface area contributed by atoms with Crippen LogP contribution in [0.4, 0.5) is 0 Å². The molecule has 14 nitrogen and oxygen atoms in total. The minimum atomic E-state index is -1.52. The van der Waals surface area contributed by atoms with Crippen molar-refractivity contribution in [2.45, 2.75) is 69.3 Å². The van der Waals surface area contributed by atoms with Crippen molar-refractivity contribution in [1.29, 1.82) is 0 Å². The second-order valence-electron chi connectivity index (χ2n) is 8.14. The van der Waals surface area contributed by atoms with Crippen LogP contribution in [-0.2, 0) is 30.4 Å². The number of aromatic nitrogens is 2. The summed E-state index contributed by atoms with van der Waals surface area (Å²) in [6.07, 6.45) is 1.75. The van der Waals surface area contributed by atoms with Crippen LogP contribution in [0.25, 0.3) is 0 Å². The molecule has 1 aromatic heterocycles. The summed E-state index contributed by atoms with van der Waals surface area (Å²) >= 11 is 0. The number of aliphatic carboxylic acids is 2. The summed E-state index contributed by atoms with van der Waals surface area (Å²) in [4.78, 5) is 68.4. The normalized spacial score (nSPS) is 19.0. The molecule has 8 N–H and O–H groups in total. The molecule has 5 unspecified atom stereocenters. The molecule has 0 aliphatic carbocycles. The van der Waals surface area contributed by atoms with E-state index in [1.165, 1.54) is 24.3 Å². The number of likely N-dealkylation sites (tertiary alicyclic amines) is 1. The van der Waals surface area contributed by atoms with Gasteiger partial charge in [0.25, 0.3) is 0 Å². The number of carbonyl (C=O) groups excluding carboxylic acids is 3. The van der Waals surface area contributed by atoms with Gasteiger partial charge in [-0.1, -0.05) is 0 Å². The molecular weight excluding hydrogens is 452 g/mol. The average Bonchev–Trinajstić information content (AvgIpc) is 3.45. The van der Waals surface area contributed by atoms with Gasteiger partial charge in [0.2, 0.25) is 17.7 Å². The third-order valence-corrected chi connectivity index (χ3v) is 5.47. The first-order chi connectivity index (χ1) is 16.0. The third kappa shape index (κ3) is 7.25. The van der Waals surface area contributed by atoms with Crippen LogP contribution < -0.4 is 16.4 Å². The molecule has 188 valence electrons. The van der Waals surface area contributed by atoms with E-state index >= 15 is 0 Å². The number of H-pyrrole nitrogens is 1. The number of amides is 3. The first-order valence-electron chi connectivity index (χ1n) is 10.8. The van der Waals surface area contributed by atoms with E-state index in [0.717, 1.165) is 0 Å². The average molecular weight is 482 g/mol. The fraction of sp³-hybridized carbons (Fsp3) is 0.600. The molecule has 1 fully saturated rings. The minimum Gasteiger partial charge on any atom is -0.481 e. The molecular formula is C20H30N6O8. The Morgan fingerprint density at radius 2 is 1.97 bits per heavy atom. The molecule has 0 aromatic carbocycles. The Balaban J connectivity index is 2.04. The lowest BCUT2D eigenvalue weighted by molar-refractivity contribution is -0.144. The van der Waals surface area contributed by atoms with Crippen molar-refractivity contribution in [2.24, 2.45) is 5.73 Å². The second-order valence-corrected chi connectivity index (χ2v) is 8.14. The van der Waals surface area contributed by atoms with E-state index in [1.54, 1.807) is 0 Å². The summed E-state index contributed by atoms with van der Waals surface area (Å²) in [6, 6.07) is -4.88. The number of carboxylic acid groups (broad SMARTS) is 2. The van der Waals surface area contributed by atoms with E-state index in [4.69, 9.17) is 10.8 Å². The summed E-state index contributed by atoms with van der Waals surface area (Å²) in [6.45, 7) is 1.52. The molecule has 5 atom stereocenters. The predicted molar refractivity (Wildman–Crippen MR) is 115 cm³/mol. The number of hydrogen-bond donors (Lipinski definition) is 7. The predicted octanol–water partition coefficient (Wildman–Crippen LogP) is -2.43. The molecule has 1 aromatic rings. The molecule has 1 aliphatic heterocycles. The molecule has 1 saturated heterocycles. The van der Waals surface area contributed by atoms with Gasteiger partial charge in [0, 0.05) is 31.3 Å². The maximum absolute atomic E-state index is 12.9. The lowest BCUT2D eigenvalue weighted by Crippen LogP contribution is -2.59. The van der Waals surface area contributed by atoms with Crippen molar-refractivity contribution in [1.82, 2.24) is 25.5 Å². The maximum Gasteiger partial charge on any atom is 0.326 e. The van der Waals surface area contributed by atoms with Gasteiger partial charge in [0.05, 0.1) is 18.5 Å². The molecule has 34 heavy (non-hydrogen) atoms. The van der Waals surface area contributed by atoms with Gasteiger partial charge < -0.3 is 41.6 Å². The smallest absolute Gasteiger partial charge is 0.326 e. The first-order valence-corrected chi connectivity index (χ1v) is 10.8. The van der Waals surface area contributed by atoms with Crippen LogP contribution >= 0.6 is 0 Å². The number of aliphatic hydroxyl groups is 1. The van der Waals surface area contributed by atoms with E-state index in [1.807, 2.05) is 0 Å². The Hall–Kier alpha value is -3.52. The highest BCUT2D eigenvalue weighted by molar-refractivity contribution is 5.94. The van der Waals surface area contributed by atoms with Crippen molar-refractivity contribution in [3.63, 3.8) is 0 Å². The van der Waals surface area contributed by atoms with Gasteiger partial charge in [0.1, 0.15) is 18.1 Å². The number of carboxylic acids is 2. The second kappa shape index (κ2) is 12.1. The Labute approximate surface area is 194 Å². The number of imidazole rings is 1. The van der Waals surface area contributed by atoms with Gasteiger partial charge in [-0.2, -0.15) is 0 Å². The molecule has 0 spiro atoms. The monoisotopic (exact) mass is 482 g/mol. The van der Waals surface area contributed by atoms with Crippen molar-refractivity contribution in [3.05, 3.63) is 18.2 Å². The zero-order valence-electron chi connectivity index (χ0n) is 18.6. The number of aromatic amines is 1. The van der Waals surface area contributed by atoms with Crippen LogP contribution in [-0.4, -0.2) is 96.7 Å². The lowest BCUT2D eigenvalue weighted by atomic mass is 10.1. The van der Waals surface area contributed by atoms with Gasteiger partial charge in [-0.25, -0.2) is 9.78 Å². The highest BCUT2D eigenvalue weighted by Crippen LogP contribution is 2.19. The van der Waals surface area contributed by atoms with Crippen LogP contribution in [0.3, 0.4) is 0 Å². The summed E-state index contributed by atoms with van der Waals surface area (Å²) < 4.78 is 0. The highest BCUT2D eigenvalue weighted by Gasteiger charge is 2.39. The molecule has 0 bridgehead atoms. The Morgan fingerprint density at radius 1 is 1.26 bits per heavy atom. The quantitative estimate of drug-likeness (QED) is 0.166. The van der Waals surface area contributed by atoms with Crippen LogP contribution in [0.15, 0.2) is 12.5 Å². The summed E-state index contributed by atoms with van der Waals surface area (Å²) in [5.74, 6) is -4.84. The SMILES string of the molecule is CC(O)C(NC(=O)C1CCCN1C(=O)C(N)Cc1cnc[nH]1)C(=O)NC(CCC(=O)O)C(=O)O. The molecule has 2 rings (SSSR count). The van der Waals surface area contributed by atoms with E-state index in [2.05, 4.69) is 20.6 Å². The first kappa shape index (κ1) is 26.7. The zero-order chi connectivity index (χ0) is 25.4. The molecule has 1 aliphatic rings. The van der Waals surface area contributed by atoms with Gasteiger partial charge in [-0.3, -0.25) is 19.2 Å².